The average Bonchev–Trinajstić information content (AvgIpc) is 2.57. The van der Waals surface area contributed by atoms with Crippen molar-refractivity contribution < 1.29 is 14.3 Å². The standard InChI is InChI=1S/C17H18Cl2N2O3/c1-23-8-9-24-14-5-2-12(3-6-14)11-20-17(22)21-16-7-4-13(18)10-15(16)19/h2-7,10H,8-9,11H2,1H3,(H2,20,21,22). The number of benzene rings is 2. The number of hydrogen-bond donors (Lipinski definition) is 2. The van der Waals surface area contributed by atoms with Crippen molar-refractivity contribution in [1.29, 1.82) is 0 Å². The van der Waals surface area contributed by atoms with Gasteiger partial charge in [0.1, 0.15) is 12.4 Å². The average molecular weight is 369 g/mol. The Kier molecular flexibility index (Phi) is 7.18. The Hall–Kier alpha value is -1.95. The SMILES string of the molecule is COCCOc1ccc(CNC(=O)Nc2ccc(Cl)cc2Cl)cc1. The smallest absolute Gasteiger partial charge is 0.319 e. The van der Waals surface area contributed by atoms with Crippen molar-refractivity contribution >= 4 is 34.9 Å². The Bertz CT molecular complexity index is 678. The van der Waals surface area contributed by atoms with Crippen LogP contribution >= 0.6 is 23.2 Å². The van der Waals surface area contributed by atoms with Crippen molar-refractivity contribution in [3.05, 3.63) is 58.1 Å². The summed E-state index contributed by atoms with van der Waals surface area (Å²) in [5.74, 6) is 0.758. The molecule has 0 spiro atoms. The Labute approximate surface area is 150 Å². The number of rotatable bonds is 7. The minimum Gasteiger partial charge on any atom is -0.491 e. The number of carbonyl (C=O) groups is 1. The third kappa shape index (κ3) is 5.92. The molecule has 128 valence electrons. The van der Waals surface area contributed by atoms with Gasteiger partial charge >= 0.3 is 6.03 Å². The van der Waals surface area contributed by atoms with Crippen LogP contribution in [0.5, 0.6) is 5.75 Å². The number of urea groups is 1. The van der Waals surface area contributed by atoms with Gasteiger partial charge in [-0.15, -0.1) is 0 Å². The number of halogens is 2. The number of ether oxygens (including phenoxy) is 2. The van der Waals surface area contributed by atoms with E-state index in [1.807, 2.05) is 24.3 Å². The zero-order valence-corrected chi connectivity index (χ0v) is 14.7. The van der Waals surface area contributed by atoms with Crippen LogP contribution in [0.1, 0.15) is 5.56 Å². The van der Waals surface area contributed by atoms with Crippen molar-refractivity contribution in [2.24, 2.45) is 0 Å². The number of anilines is 1. The number of carbonyl (C=O) groups excluding carboxylic acids is 1. The predicted octanol–water partition coefficient (Wildman–Crippen LogP) is 4.34. The summed E-state index contributed by atoms with van der Waals surface area (Å²) in [6.45, 7) is 1.42. The zero-order valence-electron chi connectivity index (χ0n) is 13.1. The molecule has 0 aliphatic carbocycles. The fourth-order valence-corrected chi connectivity index (χ4v) is 2.34. The van der Waals surface area contributed by atoms with Gasteiger partial charge in [0.2, 0.25) is 0 Å². The highest BCUT2D eigenvalue weighted by molar-refractivity contribution is 6.36. The van der Waals surface area contributed by atoms with Gasteiger partial charge in [-0.25, -0.2) is 4.79 Å². The van der Waals surface area contributed by atoms with Crippen molar-refractivity contribution in [3.63, 3.8) is 0 Å². The molecule has 2 rings (SSSR count). The quantitative estimate of drug-likeness (QED) is 0.714. The van der Waals surface area contributed by atoms with Crippen LogP contribution in [0.15, 0.2) is 42.5 Å². The molecule has 2 amide bonds. The summed E-state index contributed by atoms with van der Waals surface area (Å²) in [4.78, 5) is 11.9. The molecule has 0 fully saturated rings. The lowest BCUT2D eigenvalue weighted by Crippen LogP contribution is -2.28. The van der Waals surface area contributed by atoms with Gasteiger partial charge in [0.25, 0.3) is 0 Å². The van der Waals surface area contributed by atoms with Crippen molar-refractivity contribution in [3.8, 4) is 5.75 Å². The Balaban J connectivity index is 1.81. The van der Waals surface area contributed by atoms with Gasteiger partial charge in [-0.2, -0.15) is 0 Å². The summed E-state index contributed by atoms with van der Waals surface area (Å²) in [6, 6.07) is 12.0. The first kappa shape index (κ1) is 18.4. The third-order valence-corrected chi connectivity index (χ3v) is 3.66. The van der Waals surface area contributed by atoms with E-state index in [9.17, 15) is 4.79 Å². The molecule has 0 saturated carbocycles. The van der Waals surface area contributed by atoms with E-state index >= 15 is 0 Å². The highest BCUT2D eigenvalue weighted by Crippen LogP contribution is 2.25. The fraction of sp³-hybridized carbons (Fsp3) is 0.235. The highest BCUT2D eigenvalue weighted by Gasteiger charge is 2.06. The molecule has 0 aliphatic heterocycles. The number of amides is 2. The first-order valence-corrected chi connectivity index (χ1v) is 8.04. The van der Waals surface area contributed by atoms with Crippen LogP contribution < -0.4 is 15.4 Å². The Morgan fingerprint density at radius 3 is 2.50 bits per heavy atom. The summed E-state index contributed by atoms with van der Waals surface area (Å²) in [6.07, 6.45) is 0. The van der Waals surface area contributed by atoms with Gasteiger partial charge in [-0.1, -0.05) is 35.3 Å². The summed E-state index contributed by atoms with van der Waals surface area (Å²) in [7, 11) is 1.63. The Morgan fingerprint density at radius 1 is 1.08 bits per heavy atom. The third-order valence-electron chi connectivity index (χ3n) is 3.11. The molecule has 24 heavy (non-hydrogen) atoms. The topological polar surface area (TPSA) is 59.6 Å². The number of nitrogens with one attached hydrogen (secondary N) is 2. The van der Waals surface area contributed by atoms with Gasteiger partial charge in [0.05, 0.1) is 17.3 Å². The van der Waals surface area contributed by atoms with Gasteiger partial charge in [0.15, 0.2) is 0 Å². The van der Waals surface area contributed by atoms with Crippen LogP contribution in [0.3, 0.4) is 0 Å². The monoisotopic (exact) mass is 368 g/mol. The molecular formula is C17H18Cl2N2O3. The van der Waals surface area contributed by atoms with Gasteiger partial charge in [-0.3, -0.25) is 0 Å². The first-order valence-electron chi connectivity index (χ1n) is 7.29. The molecule has 0 atom stereocenters. The predicted molar refractivity (Wildman–Crippen MR) is 96.1 cm³/mol. The van der Waals surface area contributed by atoms with Crippen molar-refractivity contribution in [2.45, 2.75) is 6.54 Å². The molecule has 2 aromatic carbocycles. The first-order chi connectivity index (χ1) is 11.6. The molecule has 0 heterocycles. The molecule has 0 bridgehead atoms. The van der Waals surface area contributed by atoms with E-state index in [2.05, 4.69) is 10.6 Å². The highest BCUT2D eigenvalue weighted by atomic mass is 35.5. The second-order valence-corrected chi connectivity index (χ2v) is 5.76. The van der Waals surface area contributed by atoms with Crippen LogP contribution in [0.4, 0.5) is 10.5 Å². The molecule has 5 nitrogen and oxygen atoms in total. The molecule has 0 saturated heterocycles. The lowest BCUT2D eigenvalue weighted by atomic mass is 10.2. The van der Waals surface area contributed by atoms with Crippen molar-refractivity contribution in [1.82, 2.24) is 5.32 Å². The summed E-state index contributed by atoms with van der Waals surface area (Å²) in [5.41, 5.74) is 1.45. The molecule has 0 aromatic heterocycles. The van der Waals surface area contributed by atoms with Gasteiger partial charge in [0, 0.05) is 18.7 Å². The van der Waals surface area contributed by atoms with E-state index in [1.165, 1.54) is 0 Å². The maximum atomic E-state index is 11.9. The van der Waals surface area contributed by atoms with Crippen LogP contribution in [0.25, 0.3) is 0 Å². The van der Waals surface area contributed by atoms with E-state index in [-0.39, 0.29) is 6.03 Å². The molecule has 2 aromatic rings. The summed E-state index contributed by atoms with van der Waals surface area (Å²) in [5, 5.41) is 6.33. The Morgan fingerprint density at radius 2 is 1.83 bits per heavy atom. The molecule has 2 N–H and O–H groups in total. The van der Waals surface area contributed by atoms with Gasteiger partial charge in [-0.05, 0) is 35.9 Å². The molecule has 0 unspecified atom stereocenters. The van der Waals surface area contributed by atoms with E-state index in [4.69, 9.17) is 32.7 Å². The van der Waals surface area contributed by atoms with Crippen LogP contribution in [-0.4, -0.2) is 26.4 Å². The van der Waals surface area contributed by atoms with Crippen molar-refractivity contribution in [2.75, 3.05) is 25.6 Å². The van der Waals surface area contributed by atoms with Gasteiger partial charge < -0.3 is 20.1 Å². The summed E-state index contributed by atoms with van der Waals surface area (Å²) >= 11 is 11.8. The molecule has 0 aliphatic rings. The van der Waals surface area contributed by atoms with Crippen LogP contribution in [-0.2, 0) is 11.3 Å². The van der Waals surface area contributed by atoms with Crippen LogP contribution in [0.2, 0.25) is 10.0 Å². The number of hydrogen-bond acceptors (Lipinski definition) is 3. The second kappa shape index (κ2) is 9.37. The second-order valence-electron chi connectivity index (χ2n) is 4.92. The van der Waals surface area contributed by atoms with E-state index in [0.29, 0.717) is 35.5 Å². The van der Waals surface area contributed by atoms with Crippen LogP contribution in [0, 0.1) is 0 Å². The zero-order chi connectivity index (χ0) is 17.4. The number of methoxy groups -OCH3 is 1. The van der Waals surface area contributed by atoms with E-state index in [1.54, 1.807) is 25.3 Å². The maximum Gasteiger partial charge on any atom is 0.319 e. The lowest BCUT2D eigenvalue weighted by Gasteiger charge is -2.10. The minimum absolute atomic E-state index is 0.348. The molecule has 0 radical (unpaired) electrons. The van der Waals surface area contributed by atoms with E-state index in [0.717, 1.165) is 11.3 Å². The minimum atomic E-state index is -0.348. The summed E-state index contributed by atoms with van der Waals surface area (Å²) < 4.78 is 10.4. The largest absolute Gasteiger partial charge is 0.491 e. The lowest BCUT2D eigenvalue weighted by molar-refractivity contribution is 0.146. The fourth-order valence-electron chi connectivity index (χ4n) is 1.89. The molecule has 7 heteroatoms. The normalized spacial score (nSPS) is 10.3. The maximum absolute atomic E-state index is 11.9. The molecular weight excluding hydrogens is 351 g/mol. The van der Waals surface area contributed by atoms with E-state index < -0.39 is 0 Å².